The minimum absolute atomic E-state index is 0.542. The molecular formula is C11H19NOSi. The van der Waals surface area contributed by atoms with Gasteiger partial charge in [-0.25, -0.2) is 0 Å². The number of aryl methyl sites for hydroxylation is 1. The lowest BCUT2D eigenvalue weighted by Gasteiger charge is -2.21. The van der Waals surface area contributed by atoms with Gasteiger partial charge < -0.3 is 10.2 Å². The highest BCUT2D eigenvalue weighted by atomic mass is 28.4. The molecule has 0 aliphatic rings. The molecule has 1 aromatic rings. The highest BCUT2D eigenvalue weighted by Crippen LogP contribution is 2.22. The minimum Gasteiger partial charge on any atom is -0.544 e. The van der Waals surface area contributed by atoms with Crippen molar-refractivity contribution >= 4 is 8.32 Å². The van der Waals surface area contributed by atoms with Crippen LogP contribution in [0, 0.1) is 6.92 Å². The molecule has 2 N–H and O–H groups in total. The fourth-order valence-corrected chi connectivity index (χ4v) is 2.11. The van der Waals surface area contributed by atoms with Gasteiger partial charge in [-0.2, -0.15) is 0 Å². The minimum atomic E-state index is -1.52. The molecule has 0 heterocycles. The Morgan fingerprint density at radius 3 is 2.43 bits per heavy atom. The van der Waals surface area contributed by atoms with Gasteiger partial charge in [-0.1, -0.05) is 12.1 Å². The van der Waals surface area contributed by atoms with E-state index >= 15 is 0 Å². The Morgan fingerprint density at radius 1 is 1.29 bits per heavy atom. The first-order valence-corrected chi connectivity index (χ1v) is 8.32. The molecule has 0 aromatic heterocycles. The number of nitrogens with two attached hydrogens (primary N) is 1. The highest BCUT2D eigenvalue weighted by Gasteiger charge is 2.17. The molecule has 1 rings (SSSR count). The van der Waals surface area contributed by atoms with E-state index in [2.05, 4.69) is 38.7 Å². The molecule has 0 saturated heterocycles. The van der Waals surface area contributed by atoms with Crippen LogP contribution in [0.15, 0.2) is 18.2 Å². The van der Waals surface area contributed by atoms with Crippen LogP contribution < -0.4 is 10.2 Å². The molecule has 1 aromatic carbocycles. The lowest BCUT2D eigenvalue weighted by Crippen LogP contribution is -2.30. The highest BCUT2D eigenvalue weighted by molar-refractivity contribution is 6.70. The van der Waals surface area contributed by atoms with E-state index < -0.39 is 8.32 Å². The number of hydrogen-bond donors (Lipinski definition) is 1. The van der Waals surface area contributed by atoms with Gasteiger partial charge in [-0.05, 0) is 38.2 Å². The molecule has 0 radical (unpaired) electrons. The summed E-state index contributed by atoms with van der Waals surface area (Å²) < 4.78 is 5.96. The summed E-state index contributed by atoms with van der Waals surface area (Å²) in [6, 6.07) is 6.19. The van der Waals surface area contributed by atoms with Gasteiger partial charge in [-0.3, -0.25) is 0 Å². The molecule has 14 heavy (non-hydrogen) atoms. The van der Waals surface area contributed by atoms with Crippen molar-refractivity contribution in [2.45, 2.75) is 33.1 Å². The second-order valence-corrected chi connectivity index (χ2v) is 8.96. The third kappa shape index (κ3) is 3.16. The molecular weight excluding hydrogens is 190 g/mol. The summed E-state index contributed by atoms with van der Waals surface area (Å²) in [7, 11) is -1.52. The van der Waals surface area contributed by atoms with Crippen molar-refractivity contribution < 1.29 is 4.43 Å². The lowest BCUT2D eigenvalue weighted by atomic mass is 10.1. The summed E-state index contributed by atoms with van der Waals surface area (Å²) in [4.78, 5) is 0. The zero-order chi connectivity index (χ0) is 10.8. The van der Waals surface area contributed by atoms with Crippen LogP contribution >= 0.6 is 0 Å². The van der Waals surface area contributed by atoms with Crippen LogP contribution in [-0.4, -0.2) is 8.32 Å². The van der Waals surface area contributed by atoms with Crippen LogP contribution in [0.2, 0.25) is 19.6 Å². The maximum atomic E-state index is 5.96. The van der Waals surface area contributed by atoms with Crippen molar-refractivity contribution in [1.29, 1.82) is 0 Å². The third-order valence-corrected chi connectivity index (χ3v) is 2.69. The monoisotopic (exact) mass is 209 g/mol. The lowest BCUT2D eigenvalue weighted by molar-refractivity contribution is 0.549. The molecule has 0 bridgehead atoms. The maximum absolute atomic E-state index is 5.96. The van der Waals surface area contributed by atoms with E-state index in [-0.39, 0.29) is 0 Å². The first kappa shape index (κ1) is 11.3. The van der Waals surface area contributed by atoms with E-state index in [1.807, 2.05) is 6.07 Å². The van der Waals surface area contributed by atoms with Crippen molar-refractivity contribution in [2.75, 3.05) is 0 Å². The van der Waals surface area contributed by atoms with E-state index in [9.17, 15) is 0 Å². The first-order valence-electron chi connectivity index (χ1n) is 4.91. The molecule has 0 spiro atoms. The van der Waals surface area contributed by atoms with Gasteiger partial charge in [0.05, 0.1) is 0 Å². The topological polar surface area (TPSA) is 35.2 Å². The largest absolute Gasteiger partial charge is 0.544 e. The molecule has 0 aliphatic heterocycles. The van der Waals surface area contributed by atoms with E-state index in [0.717, 1.165) is 11.3 Å². The Hall–Kier alpha value is -0.803. The third-order valence-electron chi connectivity index (χ3n) is 1.86. The molecule has 0 unspecified atom stereocenters. The van der Waals surface area contributed by atoms with Crippen LogP contribution in [0.5, 0.6) is 5.75 Å². The fraction of sp³-hybridized carbons (Fsp3) is 0.455. The first-order chi connectivity index (χ1) is 6.42. The normalized spacial score (nSPS) is 11.5. The fourth-order valence-electron chi connectivity index (χ4n) is 1.26. The average molecular weight is 209 g/mol. The standard InChI is InChI=1S/C11H19NOSi/c1-9-5-6-10(8-12)11(7-9)13-14(2,3)4/h5-7H,8,12H2,1-4H3. The van der Waals surface area contributed by atoms with E-state index in [4.69, 9.17) is 10.2 Å². The predicted octanol–water partition coefficient (Wildman–Crippen LogP) is 2.67. The van der Waals surface area contributed by atoms with E-state index in [0.29, 0.717) is 6.54 Å². The van der Waals surface area contributed by atoms with Crippen LogP contribution in [0.1, 0.15) is 11.1 Å². The van der Waals surface area contributed by atoms with Gasteiger partial charge in [-0.15, -0.1) is 0 Å². The van der Waals surface area contributed by atoms with Crippen molar-refractivity contribution in [3.8, 4) is 5.75 Å². The van der Waals surface area contributed by atoms with Gasteiger partial charge in [0.15, 0.2) is 0 Å². The second kappa shape index (κ2) is 4.15. The summed E-state index contributed by atoms with van der Waals surface area (Å²) in [5.41, 5.74) is 7.97. The number of benzene rings is 1. The van der Waals surface area contributed by atoms with Crippen LogP contribution in [0.4, 0.5) is 0 Å². The summed E-state index contributed by atoms with van der Waals surface area (Å²) in [5.74, 6) is 0.965. The van der Waals surface area contributed by atoms with Crippen LogP contribution in [0.3, 0.4) is 0 Å². The molecule has 0 saturated carbocycles. The van der Waals surface area contributed by atoms with Crippen molar-refractivity contribution in [1.82, 2.24) is 0 Å². The van der Waals surface area contributed by atoms with Crippen molar-refractivity contribution in [3.05, 3.63) is 29.3 Å². The Kier molecular flexibility index (Phi) is 3.34. The van der Waals surface area contributed by atoms with Gasteiger partial charge >= 0.3 is 0 Å². The molecule has 0 atom stereocenters. The van der Waals surface area contributed by atoms with E-state index in [1.54, 1.807) is 0 Å². The SMILES string of the molecule is Cc1ccc(CN)c(O[Si](C)(C)C)c1. The van der Waals surface area contributed by atoms with Crippen LogP contribution in [-0.2, 0) is 6.54 Å². The number of rotatable bonds is 3. The van der Waals surface area contributed by atoms with Crippen molar-refractivity contribution in [2.24, 2.45) is 5.73 Å². The zero-order valence-corrected chi connectivity index (χ0v) is 10.4. The quantitative estimate of drug-likeness (QED) is 0.777. The molecule has 2 nitrogen and oxygen atoms in total. The van der Waals surface area contributed by atoms with Crippen molar-refractivity contribution in [3.63, 3.8) is 0 Å². The Balaban J connectivity index is 2.99. The molecule has 0 fully saturated rings. The second-order valence-electron chi connectivity index (χ2n) is 4.53. The Bertz CT molecular complexity index is 318. The maximum Gasteiger partial charge on any atom is 0.242 e. The van der Waals surface area contributed by atoms with Gasteiger partial charge in [0.1, 0.15) is 5.75 Å². The molecule has 78 valence electrons. The average Bonchev–Trinajstić information content (AvgIpc) is 2.01. The smallest absolute Gasteiger partial charge is 0.242 e. The van der Waals surface area contributed by atoms with Crippen LogP contribution in [0.25, 0.3) is 0 Å². The van der Waals surface area contributed by atoms with E-state index in [1.165, 1.54) is 5.56 Å². The molecule has 0 amide bonds. The summed E-state index contributed by atoms with van der Waals surface area (Å²) in [6.07, 6.45) is 0. The summed E-state index contributed by atoms with van der Waals surface area (Å²) in [5, 5.41) is 0. The Labute approximate surface area is 87.2 Å². The molecule has 3 heteroatoms. The van der Waals surface area contributed by atoms with Gasteiger partial charge in [0.25, 0.3) is 0 Å². The van der Waals surface area contributed by atoms with Gasteiger partial charge in [0.2, 0.25) is 8.32 Å². The number of hydrogen-bond acceptors (Lipinski definition) is 2. The predicted molar refractivity (Wildman–Crippen MR) is 63.0 cm³/mol. The zero-order valence-electron chi connectivity index (χ0n) is 9.42. The summed E-state index contributed by atoms with van der Waals surface area (Å²) in [6.45, 7) is 9.14. The molecule has 0 aliphatic carbocycles. The van der Waals surface area contributed by atoms with Gasteiger partial charge in [0, 0.05) is 12.1 Å². The summed E-state index contributed by atoms with van der Waals surface area (Å²) >= 11 is 0. The Morgan fingerprint density at radius 2 is 1.93 bits per heavy atom.